The highest BCUT2D eigenvalue weighted by molar-refractivity contribution is 6.77. The molecular weight excluding hydrogens is 243 g/mol. The summed E-state index contributed by atoms with van der Waals surface area (Å²) in [5, 5.41) is 0. The molecule has 0 atom stereocenters. The zero-order chi connectivity index (χ0) is 13.5. The monoisotopic (exact) mass is 262 g/mol. The van der Waals surface area contributed by atoms with Crippen LogP contribution in [0, 0.1) is 0 Å². The molecule has 3 heteroatoms. The highest BCUT2D eigenvalue weighted by Gasteiger charge is 2.34. The lowest BCUT2D eigenvalue weighted by Gasteiger charge is -2.41. The average molecular weight is 262 g/mol. The van der Waals surface area contributed by atoms with Gasteiger partial charge in [-0.15, -0.1) is 0 Å². The van der Waals surface area contributed by atoms with Crippen LogP contribution in [0.3, 0.4) is 0 Å². The number of rotatable bonds is 1. The van der Waals surface area contributed by atoms with Crippen LogP contribution in [0.5, 0.6) is 0 Å². The molecule has 0 bridgehead atoms. The number of benzene rings is 2. The standard InChI is InChI=1S/C17H19BN2/c1-19-12-10-18-11-13-20(14-6-3-2-4-7-14)16-9-5-8-15(19)17(16)18/h2-9H,10-13H2,1H3. The van der Waals surface area contributed by atoms with E-state index in [9.17, 15) is 0 Å². The van der Waals surface area contributed by atoms with Crippen LogP contribution < -0.4 is 15.3 Å². The van der Waals surface area contributed by atoms with Gasteiger partial charge in [-0.2, -0.15) is 0 Å². The molecule has 2 aliphatic heterocycles. The summed E-state index contributed by atoms with van der Waals surface area (Å²) in [7, 11) is 2.22. The summed E-state index contributed by atoms with van der Waals surface area (Å²) >= 11 is 0. The Kier molecular flexibility index (Phi) is 2.73. The number of nitrogens with zero attached hydrogens (tertiary/aromatic N) is 2. The molecule has 2 aliphatic rings. The van der Waals surface area contributed by atoms with E-state index in [4.69, 9.17) is 0 Å². The fourth-order valence-corrected chi connectivity index (χ4v) is 3.71. The lowest BCUT2D eigenvalue weighted by atomic mass is 9.37. The molecule has 4 rings (SSSR count). The molecule has 0 fully saturated rings. The minimum absolute atomic E-state index is 0.748. The van der Waals surface area contributed by atoms with Gasteiger partial charge in [0.1, 0.15) is 0 Å². The van der Waals surface area contributed by atoms with Crippen molar-refractivity contribution in [2.45, 2.75) is 12.6 Å². The van der Waals surface area contributed by atoms with Gasteiger partial charge in [-0.05, 0) is 29.7 Å². The van der Waals surface area contributed by atoms with Gasteiger partial charge in [0, 0.05) is 37.2 Å². The van der Waals surface area contributed by atoms with Gasteiger partial charge in [0.25, 0.3) is 0 Å². The summed E-state index contributed by atoms with van der Waals surface area (Å²) in [6.45, 7) is 3.07. The van der Waals surface area contributed by atoms with E-state index < -0.39 is 0 Å². The van der Waals surface area contributed by atoms with Gasteiger partial charge in [0.15, 0.2) is 6.71 Å². The molecule has 0 aliphatic carbocycles. The summed E-state index contributed by atoms with van der Waals surface area (Å²) in [6, 6.07) is 17.5. The SMILES string of the molecule is CN1CCB2CCN(c3ccccc3)c3cccc1c32. The number of hydrogen-bond donors (Lipinski definition) is 0. The average Bonchev–Trinajstić information content (AvgIpc) is 2.52. The Morgan fingerprint density at radius 2 is 1.60 bits per heavy atom. The minimum atomic E-state index is 0.748. The fourth-order valence-electron chi connectivity index (χ4n) is 3.71. The van der Waals surface area contributed by atoms with Gasteiger partial charge in [0.2, 0.25) is 0 Å². The van der Waals surface area contributed by atoms with Gasteiger partial charge in [-0.25, -0.2) is 0 Å². The van der Waals surface area contributed by atoms with E-state index in [1.54, 1.807) is 5.46 Å². The Morgan fingerprint density at radius 3 is 2.45 bits per heavy atom. The van der Waals surface area contributed by atoms with E-state index in [-0.39, 0.29) is 0 Å². The molecule has 2 aromatic carbocycles. The van der Waals surface area contributed by atoms with E-state index in [0.717, 1.165) is 13.3 Å². The van der Waals surface area contributed by atoms with Crippen LogP contribution in [0.4, 0.5) is 17.1 Å². The van der Waals surface area contributed by atoms with Gasteiger partial charge in [-0.3, -0.25) is 0 Å². The highest BCUT2D eigenvalue weighted by Crippen LogP contribution is 2.34. The van der Waals surface area contributed by atoms with Crippen molar-refractivity contribution < 1.29 is 0 Å². The van der Waals surface area contributed by atoms with Crippen LogP contribution in [-0.4, -0.2) is 26.8 Å². The smallest absolute Gasteiger partial charge is 0.184 e. The van der Waals surface area contributed by atoms with Crippen molar-refractivity contribution in [1.29, 1.82) is 0 Å². The van der Waals surface area contributed by atoms with Crippen LogP contribution in [0.25, 0.3) is 0 Å². The first-order valence-electron chi connectivity index (χ1n) is 7.51. The molecule has 100 valence electrons. The quantitative estimate of drug-likeness (QED) is 0.729. The summed E-state index contributed by atoms with van der Waals surface area (Å²) in [6.07, 6.45) is 2.57. The molecule has 0 radical (unpaired) electrons. The normalized spacial score (nSPS) is 17.1. The van der Waals surface area contributed by atoms with E-state index in [1.807, 2.05) is 0 Å². The molecule has 0 N–H and O–H groups in total. The maximum Gasteiger partial charge on any atom is 0.184 e. The third kappa shape index (κ3) is 1.73. The maximum atomic E-state index is 2.48. The first-order chi connectivity index (χ1) is 9.84. The first-order valence-corrected chi connectivity index (χ1v) is 7.51. The Hall–Kier alpha value is -1.90. The van der Waals surface area contributed by atoms with E-state index in [1.165, 1.54) is 36.2 Å². The van der Waals surface area contributed by atoms with Crippen LogP contribution >= 0.6 is 0 Å². The third-order valence-electron chi connectivity index (χ3n) is 4.75. The predicted molar refractivity (Wildman–Crippen MR) is 88.2 cm³/mol. The lowest BCUT2D eigenvalue weighted by molar-refractivity contribution is 0.915. The Balaban J connectivity index is 1.86. The van der Waals surface area contributed by atoms with Gasteiger partial charge < -0.3 is 9.80 Å². The lowest BCUT2D eigenvalue weighted by Crippen LogP contribution is -2.50. The second-order valence-electron chi connectivity index (χ2n) is 5.89. The molecule has 2 heterocycles. The largest absolute Gasteiger partial charge is 0.376 e. The van der Waals surface area contributed by atoms with Crippen LogP contribution in [0.1, 0.15) is 0 Å². The van der Waals surface area contributed by atoms with E-state index >= 15 is 0 Å². The van der Waals surface area contributed by atoms with Crippen molar-refractivity contribution in [2.24, 2.45) is 0 Å². The van der Waals surface area contributed by atoms with Gasteiger partial charge in [-0.1, -0.05) is 36.9 Å². The number of anilines is 3. The molecule has 20 heavy (non-hydrogen) atoms. The number of para-hydroxylation sites is 1. The Morgan fingerprint density at radius 1 is 0.850 bits per heavy atom. The third-order valence-corrected chi connectivity index (χ3v) is 4.75. The van der Waals surface area contributed by atoms with Gasteiger partial charge >= 0.3 is 0 Å². The Bertz CT molecular complexity index is 626. The molecule has 0 saturated heterocycles. The van der Waals surface area contributed by atoms with Crippen LogP contribution in [-0.2, 0) is 0 Å². The second-order valence-corrected chi connectivity index (χ2v) is 5.89. The number of hydrogen-bond acceptors (Lipinski definition) is 2. The van der Waals surface area contributed by atoms with Crippen molar-refractivity contribution in [2.75, 3.05) is 29.9 Å². The van der Waals surface area contributed by atoms with Crippen molar-refractivity contribution in [3.63, 3.8) is 0 Å². The van der Waals surface area contributed by atoms with Crippen LogP contribution in [0.2, 0.25) is 12.6 Å². The summed E-state index contributed by atoms with van der Waals surface area (Å²) in [4.78, 5) is 4.89. The summed E-state index contributed by atoms with van der Waals surface area (Å²) < 4.78 is 0. The van der Waals surface area contributed by atoms with Crippen LogP contribution in [0.15, 0.2) is 48.5 Å². The second kappa shape index (κ2) is 4.59. The molecule has 2 aromatic rings. The molecule has 0 spiro atoms. The van der Waals surface area contributed by atoms with E-state index in [2.05, 4.69) is 65.4 Å². The Labute approximate surface area is 121 Å². The highest BCUT2D eigenvalue weighted by atomic mass is 15.2. The zero-order valence-electron chi connectivity index (χ0n) is 11.9. The minimum Gasteiger partial charge on any atom is -0.376 e. The topological polar surface area (TPSA) is 6.48 Å². The van der Waals surface area contributed by atoms with Crippen molar-refractivity contribution in [3.8, 4) is 0 Å². The first kappa shape index (κ1) is 11.9. The van der Waals surface area contributed by atoms with Crippen molar-refractivity contribution in [1.82, 2.24) is 0 Å². The zero-order valence-corrected chi connectivity index (χ0v) is 11.9. The maximum absolute atomic E-state index is 2.48. The predicted octanol–water partition coefficient (Wildman–Crippen LogP) is 2.99. The molecule has 0 aromatic heterocycles. The fraction of sp³-hybridized carbons (Fsp3) is 0.294. The summed E-state index contributed by atoms with van der Waals surface area (Å²) in [5.74, 6) is 0. The summed E-state index contributed by atoms with van der Waals surface area (Å²) in [5.41, 5.74) is 5.72. The van der Waals surface area contributed by atoms with Crippen molar-refractivity contribution >= 4 is 29.2 Å². The van der Waals surface area contributed by atoms with E-state index in [0.29, 0.717) is 0 Å². The molecule has 0 unspecified atom stereocenters. The molecule has 0 amide bonds. The molecule has 0 saturated carbocycles. The van der Waals surface area contributed by atoms with Crippen molar-refractivity contribution in [3.05, 3.63) is 48.5 Å². The molecular formula is C17H19BN2. The van der Waals surface area contributed by atoms with Gasteiger partial charge in [0.05, 0.1) is 0 Å². The molecule has 2 nitrogen and oxygen atoms in total.